The van der Waals surface area contributed by atoms with Gasteiger partial charge in [-0.1, -0.05) is 42.5 Å². The molecule has 1 saturated heterocycles. The molecule has 1 heterocycles. The summed E-state index contributed by atoms with van der Waals surface area (Å²) in [5, 5.41) is 0. The van der Waals surface area contributed by atoms with Gasteiger partial charge in [-0.15, -0.1) is 0 Å². The molecule has 0 aromatic heterocycles. The SMILES string of the molecule is C[C@H]1COCCN1CCCc1ccc(COc2ccccc2)cc1. The van der Waals surface area contributed by atoms with Crippen molar-refractivity contribution in [2.24, 2.45) is 0 Å². The quantitative estimate of drug-likeness (QED) is 0.770. The molecule has 0 unspecified atom stereocenters. The second-order valence-corrected chi connectivity index (χ2v) is 6.48. The largest absolute Gasteiger partial charge is 0.489 e. The first-order valence-electron chi connectivity index (χ1n) is 8.89. The van der Waals surface area contributed by atoms with Crippen LogP contribution in [0.15, 0.2) is 54.6 Å². The first kappa shape index (κ1) is 17.0. The summed E-state index contributed by atoms with van der Waals surface area (Å²) in [4.78, 5) is 2.53. The van der Waals surface area contributed by atoms with Crippen molar-refractivity contribution in [3.8, 4) is 5.75 Å². The molecule has 1 atom stereocenters. The molecular weight excluding hydrogens is 298 g/mol. The van der Waals surface area contributed by atoms with E-state index in [2.05, 4.69) is 36.1 Å². The number of hydrogen-bond acceptors (Lipinski definition) is 3. The minimum Gasteiger partial charge on any atom is -0.489 e. The van der Waals surface area contributed by atoms with Crippen LogP contribution < -0.4 is 4.74 Å². The van der Waals surface area contributed by atoms with E-state index in [1.807, 2.05) is 30.3 Å². The van der Waals surface area contributed by atoms with E-state index in [0.29, 0.717) is 12.6 Å². The van der Waals surface area contributed by atoms with Gasteiger partial charge in [0.2, 0.25) is 0 Å². The van der Waals surface area contributed by atoms with E-state index in [9.17, 15) is 0 Å². The van der Waals surface area contributed by atoms with Gasteiger partial charge in [0.05, 0.1) is 13.2 Å². The fourth-order valence-corrected chi connectivity index (χ4v) is 3.07. The Kier molecular flexibility index (Phi) is 6.27. The van der Waals surface area contributed by atoms with Crippen molar-refractivity contribution in [2.75, 3.05) is 26.3 Å². The molecular formula is C21H27NO2. The molecule has 1 aliphatic rings. The molecule has 0 N–H and O–H groups in total. The summed E-state index contributed by atoms with van der Waals surface area (Å²) in [6.07, 6.45) is 2.33. The van der Waals surface area contributed by atoms with Crippen LogP contribution in [0.2, 0.25) is 0 Å². The fraction of sp³-hybridized carbons (Fsp3) is 0.429. The Labute approximate surface area is 145 Å². The predicted molar refractivity (Wildman–Crippen MR) is 97.4 cm³/mol. The molecule has 24 heavy (non-hydrogen) atoms. The molecule has 0 amide bonds. The van der Waals surface area contributed by atoms with Crippen molar-refractivity contribution in [1.29, 1.82) is 0 Å². The number of morpholine rings is 1. The summed E-state index contributed by atoms with van der Waals surface area (Å²) < 4.78 is 11.3. The summed E-state index contributed by atoms with van der Waals surface area (Å²) >= 11 is 0. The lowest BCUT2D eigenvalue weighted by Crippen LogP contribution is -2.44. The Morgan fingerprint density at radius 3 is 2.54 bits per heavy atom. The van der Waals surface area contributed by atoms with Crippen molar-refractivity contribution in [1.82, 2.24) is 4.90 Å². The van der Waals surface area contributed by atoms with Crippen LogP contribution in [0.4, 0.5) is 0 Å². The van der Waals surface area contributed by atoms with Gasteiger partial charge in [0.15, 0.2) is 0 Å². The summed E-state index contributed by atoms with van der Waals surface area (Å²) in [5.41, 5.74) is 2.61. The zero-order valence-corrected chi connectivity index (χ0v) is 14.5. The number of aryl methyl sites for hydroxylation is 1. The van der Waals surface area contributed by atoms with Crippen LogP contribution in [0.5, 0.6) is 5.75 Å². The predicted octanol–water partition coefficient (Wildman–Crippen LogP) is 3.92. The van der Waals surface area contributed by atoms with Crippen LogP contribution in [0.25, 0.3) is 0 Å². The zero-order valence-electron chi connectivity index (χ0n) is 14.5. The van der Waals surface area contributed by atoms with Crippen LogP contribution in [0.1, 0.15) is 24.5 Å². The molecule has 1 aliphatic heterocycles. The van der Waals surface area contributed by atoms with Gasteiger partial charge >= 0.3 is 0 Å². The van der Waals surface area contributed by atoms with Crippen molar-refractivity contribution in [2.45, 2.75) is 32.4 Å². The maximum absolute atomic E-state index is 5.79. The Hall–Kier alpha value is -1.84. The second kappa shape index (κ2) is 8.86. The van der Waals surface area contributed by atoms with Gasteiger partial charge in [0.1, 0.15) is 12.4 Å². The Morgan fingerprint density at radius 2 is 1.79 bits per heavy atom. The van der Waals surface area contributed by atoms with Crippen molar-refractivity contribution < 1.29 is 9.47 Å². The first-order chi connectivity index (χ1) is 11.8. The lowest BCUT2D eigenvalue weighted by molar-refractivity contribution is -0.000601. The Bertz CT molecular complexity index is 597. The number of ether oxygens (including phenoxy) is 2. The highest BCUT2D eigenvalue weighted by atomic mass is 16.5. The van der Waals surface area contributed by atoms with E-state index < -0.39 is 0 Å². The second-order valence-electron chi connectivity index (χ2n) is 6.48. The molecule has 2 aromatic rings. The number of rotatable bonds is 7. The molecule has 0 spiro atoms. The highest BCUT2D eigenvalue weighted by Gasteiger charge is 2.17. The molecule has 3 rings (SSSR count). The normalized spacial score (nSPS) is 18.5. The number of para-hydroxylation sites is 1. The highest BCUT2D eigenvalue weighted by Crippen LogP contribution is 2.14. The molecule has 0 saturated carbocycles. The minimum absolute atomic E-state index is 0.552. The summed E-state index contributed by atoms with van der Waals surface area (Å²) in [6.45, 7) is 6.84. The number of nitrogens with zero attached hydrogens (tertiary/aromatic N) is 1. The maximum Gasteiger partial charge on any atom is 0.119 e. The maximum atomic E-state index is 5.79. The molecule has 3 nitrogen and oxygen atoms in total. The van der Waals surface area contributed by atoms with Crippen LogP contribution in [0.3, 0.4) is 0 Å². The number of benzene rings is 2. The van der Waals surface area contributed by atoms with Gasteiger partial charge in [-0.3, -0.25) is 4.90 Å². The van der Waals surface area contributed by atoms with Crippen LogP contribution >= 0.6 is 0 Å². The Morgan fingerprint density at radius 1 is 1.04 bits per heavy atom. The molecule has 128 valence electrons. The van der Waals surface area contributed by atoms with Crippen LogP contribution in [-0.2, 0) is 17.8 Å². The van der Waals surface area contributed by atoms with E-state index in [1.165, 1.54) is 17.5 Å². The van der Waals surface area contributed by atoms with Crippen LogP contribution in [0, 0.1) is 0 Å². The lowest BCUT2D eigenvalue weighted by Gasteiger charge is -2.33. The minimum atomic E-state index is 0.552. The van der Waals surface area contributed by atoms with Gasteiger partial charge in [0, 0.05) is 12.6 Å². The lowest BCUT2D eigenvalue weighted by atomic mass is 10.1. The van der Waals surface area contributed by atoms with E-state index >= 15 is 0 Å². The molecule has 0 bridgehead atoms. The summed E-state index contributed by atoms with van der Waals surface area (Å²) in [5.74, 6) is 0.918. The molecule has 0 aliphatic carbocycles. The van der Waals surface area contributed by atoms with Crippen molar-refractivity contribution >= 4 is 0 Å². The molecule has 2 aromatic carbocycles. The van der Waals surface area contributed by atoms with E-state index in [1.54, 1.807) is 0 Å². The van der Waals surface area contributed by atoms with E-state index in [-0.39, 0.29) is 0 Å². The summed E-state index contributed by atoms with van der Waals surface area (Å²) in [7, 11) is 0. The van der Waals surface area contributed by atoms with Gasteiger partial charge in [-0.25, -0.2) is 0 Å². The smallest absolute Gasteiger partial charge is 0.119 e. The third kappa shape index (κ3) is 5.08. The third-order valence-corrected chi connectivity index (χ3v) is 4.59. The van der Waals surface area contributed by atoms with Crippen molar-refractivity contribution in [3.63, 3.8) is 0 Å². The molecule has 1 fully saturated rings. The average molecular weight is 325 g/mol. The first-order valence-corrected chi connectivity index (χ1v) is 8.89. The van der Waals surface area contributed by atoms with Crippen molar-refractivity contribution in [3.05, 3.63) is 65.7 Å². The standard InChI is InChI=1S/C21H27NO2/c1-18-16-23-15-14-22(18)13-5-6-19-9-11-20(12-10-19)17-24-21-7-3-2-4-8-21/h2-4,7-12,18H,5-6,13-17H2,1H3/t18-/m0/s1. The Balaban J connectivity index is 1.41. The van der Waals surface area contributed by atoms with E-state index in [4.69, 9.17) is 9.47 Å². The summed E-state index contributed by atoms with van der Waals surface area (Å²) in [6, 6.07) is 19.3. The topological polar surface area (TPSA) is 21.7 Å². The molecule has 3 heteroatoms. The number of hydrogen-bond donors (Lipinski definition) is 0. The van der Waals surface area contributed by atoms with Crippen LogP contribution in [-0.4, -0.2) is 37.2 Å². The van der Waals surface area contributed by atoms with Gasteiger partial charge in [-0.2, -0.15) is 0 Å². The zero-order chi connectivity index (χ0) is 16.6. The van der Waals surface area contributed by atoms with Gasteiger partial charge in [-0.05, 0) is 49.6 Å². The highest BCUT2D eigenvalue weighted by molar-refractivity contribution is 5.24. The average Bonchev–Trinajstić information content (AvgIpc) is 2.63. The van der Waals surface area contributed by atoms with Gasteiger partial charge < -0.3 is 9.47 Å². The molecule has 0 radical (unpaired) electrons. The third-order valence-electron chi connectivity index (χ3n) is 4.59. The van der Waals surface area contributed by atoms with Gasteiger partial charge in [0.25, 0.3) is 0 Å². The fourth-order valence-electron chi connectivity index (χ4n) is 3.07. The monoisotopic (exact) mass is 325 g/mol. The van der Waals surface area contributed by atoms with E-state index in [0.717, 1.165) is 38.5 Å².